The largest absolute Gasteiger partial charge is 0.388 e. The number of aliphatic hydroxyl groups excluding tert-OH is 2. The van der Waals surface area contributed by atoms with Crippen LogP contribution in [0.5, 0.6) is 0 Å². The molecule has 0 aromatic carbocycles. The summed E-state index contributed by atoms with van der Waals surface area (Å²) in [6.45, 7) is 3.47. The first-order chi connectivity index (χ1) is 11.4. The molecule has 0 bridgehead atoms. The van der Waals surface area contributed by atoms with Gasteiger partial charge in [0.2, 0.25) is 0 Å². The lowest BCUT2D eigenvalue weighted by Crippen LogP contribution is -2.37. The van der Waals surface area contributed by atoms with Gasteiger partial charge in [-0.3, -0.25) is 4.79 Å². The number of aryl methyl sites for hydroxylation is 1. The van der Waals surface area contributed by atoms with E-state index in [1.165, 1.54) is 0 Å². The maximum atomic E-state index is 12.7. The number of aliphatic hydroxyl groups is 2. The molecule has 1 aliphatic rings. The number of fused-ring (bicyclic) bond motifs is 1. The SMILES string of the molecule is CCCc1nn(C(N)=O)c2c(=O)n(C3OC(C)C(O)C3O)nnc12. The Kier molecular flexibility index (Phi) is 4.07. The van der Waals surface area contributed by atoms with Crippen LogP contribution in [-0.4, -0.2) is 59.3 Å². The van der Waals surface area contributed by atoms with Gasteiger partial charge < -0.3 is 20.7 Å². The third-order valence-corrected chi connectivity index (χ3v) is 4.00. The molecule has 3 rings (SSSR count). The van der Waals surface area contributed by atoms with Crippen molar-refractivity contribution < 1.29 is 19.7 Å². The van der Waals surface area contributed by atoms with Crippen LogP contribution in [0.4, 0.5) is 4.79 Å². The molecule has 0 radical (unpaired) electrons. The van der Waals surface area contributed by atoms with Crippen LogP contribution in [0.3, 0.4) is 0 Å². The van der Waals surface area contributed by atoms with Crippen LogP contribution < -0.4 is 11.3 Å². The van der Waals surface area contributed by atoms with Crippen molar-refractivity contribution in [2.75, 3.05) is 0 Å². The van der Waals surface area contributed by atoms with Gasteiger partial charge in [-0.15, -0.1) is 5.10 Å². The Hall–Kier alpha value is -2.37. The molecule has 4 unspecified atom stereocenters. The van der Waals surface area contributed by atoms with Crippen molar-refractivity contribution in [3.8, 4) is 0 Å². The van der Waals surface area contributed by atoms with Gasteiger partial charge in [-0.05, 0) is 13.3 Å². The maximum absolute atomic E-state index is 12.7. The van der Waals surface area contributed by atoms with E-state index in [4.69, 9.17) is 10.5 Å². The number of nitrogens with zero attached hydrogens (tertiary/aromatic N) is 5. The molecule has 1 saturated heterocycles. The van der Waals surface area contributed by atoms with Crippen LogP contribution in [0.2, 0.25) is 0 Å². The summed E-state index contributed by atoms with van der Waals surface area (Å²) in [5, 5.41) is 31.6. The van der Waals surface area contributed by atoms with E-state index in [0.717, 1.165) is 15.8 Å². The summed E-state index contributed by atoms with van der Waals surface area (Å²) < 4.78 is 6.93. The molecular weight excluding hydrogens is 320 g/mol. The number of hydrogen-bond donors (Lipinski definition) is 3. The first kappa shape index (κ1) is 16.5. The van der Waals surface area contributed by atoms with Crippen LogP contribution in [0, 0.1) is 0 Å². The van der Waals surface area contributed by atoms with Gasteiger partial charge in [0.25, 0.3) is 5.56 Å². The molecule has 4 N–H and O–H groups in total. The summed E-state index contributed by atoms with van der Waals surface area (Å²) in [5.41, 5.74) is 5.02. The first-order valence-electron chi connectivity index (χ1n) is 7.55. The van der Waals surface area contributed by atoms with Crippen molar-refractivity contribution in [1.82, 2.24) is 24.8 Å². The Bertz CT molecular complexity index is 845. The van der Waals surface area contributed by atoms with Crippen LogP contribution in [-0.2, 0) is 11.2 Å². The van der Waals surface area contributed by atoms with Crippen molar-refractivity contribution in [3.63, 3.8) is 0 Å². The van der Waals surface area contributed by atoms with Gasteiger partial charge in [0.1, 0.15) is 17.7 Å². The van der Waals surface area contributed by atoms with Crippen LogP contribution in [0.15, 0.2) is 4.79 Å². The summed E-state index contributed by atoms with van der Waals surface area (Å²) in [7, 11) is 0. The number of carbonyl (C=O) groups excluding carboxylic acids is 1. The van der Waals surface area contributed by atoms with Crippen molar-refractivity contribution in [2.24, 2.45) is 5.73 Å². The fraction of sp³-hybridized carbons (Fsp3) is 0.615. The van der Waals surface area contributed by atoms with E-state index < -0.39 is 36.1 Å². The highest BCUT2D eigenvalue weighted by Crippen LogP contribution is 2.27. The number of hydrogen-bond acceptors (Lipinski definition) is 8. The lowest BCUT2D eigenvalue weighted by atomic mass is 10.1. The van der Waals surface area contributed by atoms with Gasteiger partial charge in [0, 0.05) is 0 Å². The zero-order valence-corrected chi connectivity index (χ0v) is 13.2. The van der Waals surface area contributed by atoms with E-state index >= 15 is 0 Å². The number of aromatic nitrogens is 5. The van der Waals surface area contributed by atoms with Gasteiger partial charge in [0.05, 0.1) is 11.8 Å². The third-order valence-electron chi connectivity index (χ3n) is 4.00. The number of primary amides is 1. The quantitative estimate of drug-likeness (QED) is 0.610. The van der Waals surface area contributed by atoms with Crippen molar-refractivity contribution in [2.45, 2.75) is 51.2 Å². The molecule has 2 aromatic heterocycles. The minimum atomic E-state index is -1.36. The normalized spacial score (nSPS) is 27.0. The van der Waals surface area contributed by atoms with Gasteiger partial charge >= 0.3 is 6.03 Å². The Balaban J connectivity index is 2.19. The van der Waals surface area contributed by atoms with E-state index in [1.807, 2.05) is 6.92 Å². The topological polar surface area (TPSA) is 158 Å². The fourth-order valence-electron chi connectivity index (χ4n) is 2.75. The highest BCUT2D eigenvalue weighted by atomic mass is 16.6. The monoisotopic (exact) mass is 338 g/mol. The number of ether oxygens (including phenoxy) is 1. The van der Waals surface area contributed by atoms with Crippen molar-refractivity contribution in [1.29, 1.82) is 0 Å². The molecule has 0 saturated carbocycles. The second-order valence-corrected chi connectivity index (χ2v) is 5.70. The van der Waals surface area contributed by atoms with E-state index in [1.54, 1.807) is 6.92 Å². The molecule has 130 valence electrons. The summed E-state index contributed by atoms with van der Waals surface area (Å²) >= 11 is 0. The van der Waals surface area contributed by atoms with Crippen molar-refractivity contribution >= 4 is 17.1 Å². The Morgan fingerprint density at radius 3 is 2.62 bits per heavy atom. The van der Waals surface area contributed by atoms with E-state index in [-0.39, 0.29) is 11.0 Å². The van der Waals surface area contributed by atoms with Crippen LogP contribution >= 0.6 is 0 Å². The van der Waals surface area contributed by atoms with E-state index in [9.17, 15) is 19.8 Å². The first-order valence-corrected chi connectivity index (χ1v) is 7.55. The minimum Gasteiger partial charge on any atom is -0.388 e. The molecular formula is C13H18N6O5. The highest BCUT2D eigenvalue weighted by molar-refractivity contribution is 5.87. The predicted molar refractivity (Wildman–Crippen MR) is 80.2 cm³/mol. The zero-order valence-electron chi connectivity index (χ0n) is 13.2. The molecule has 11 heteroatoms. The number of nitrogens with two attached hydrogens (primary N) is 1. The lowest BCUT2D eigenvalue weighted by Gasteiger charge is -2.15. The van der Waals surface area contributed by atoms with Gasteiger partial charge in [0.15, 0.2) is 11.7 Å². The summed E-state index contributed by atoms with van der Waals surface area (Å²) in [6.07, 6.45) is -3.21. The molecule has 3 heterocycles. The number of carbonyl (C=O) groups is 1. The molecule has 1 aliphatic heterocycles. The second kappa shape index (κ2) is 5.92. The molecule has 0 spiro atoms. The fourth-order valence-corrected chi connectivity index (χ4v) is 2.75. The van der Waals surface area contributed by atoms with Gasteiger partial charge in [-0.1, -0.05) is 18.6 Å². The summed E-state index contributed by atoms with van der Waals surface area (Å²) in [5.74, 6) is 0. The highest BCUT2D eigenvalue weighted by Gasteiger charge is 2.43. The Morgan fingerprint density at radius 1 is 1.38 bits per heavy atom. The number of rotatable bonds is 3. The molecule has 0 aliphatic carbocycles. The van der Waals surface area contributed by atoms with Gasteiger partial charge in [-0.25, -0.2) is 4.79 Å². The van der Waals surface area contributed by atoms with Crippen molar-refractivity contribution in [3.05, 3.63) is 16.0 Å². The Labute approximate surface area is 135 Å². The lowest BCUT2D eigenvalue weighted by molar-refractivity contribution is -0.0439. The third kappa shape index (κ3) is 2.37. The van der Waals surface area contributed by atoms with Crippen LogP contribution in [0.1, 0.15) is 32.2 Å². The zero-order chi connectivity index (χ0) is 17.6. The molecule has 1 fully saturated rings. The molecule has 11 nitrogen and oxygen atoms in total. The molecule has 24 heavy (non-hydrogen) atoms. The average molecular weight is 338 g/mol. The van der Waals surface area contributed by atoms with Crippen LogP contribution in [0.25, 0.3) is 11.0 Å². The molecule has 4 atom stereocenters. The molecule has 2 aromatic rings. The Morgan fingerprint density at radius 2 is 2.08 bits per heavy atom. The number of amides is 1. The van der Waals surface area contributed by atoms with E-state index in [2.05, 4.69) is 15.4 Å². The molecule has 1 amide bonds. The maximum Gasteiger partial charge on any atom is 0.340 e. The minimum absolute atomic E-state index is 0.134. The smallest absolute Gasteiger partial charge is 0.340 e. The standard InChI is InChI=1S/C13H18N6O5/c1-3-4-6-7-8(18(16-6)13(14)23)11(22)19(17-15-7)12-10(21)9(20)5(2)24-12/h5,9-10,12,20-21H,3-4H2,1-2H3,(H2,14,23). The summed E-state index contributed by atoms with van der Waals surface area (Å²) in [4.78, 5) is 24.3. The predicted octanol–water partition coefficient (Wildman–Crippen LogP) is -1.49. The average Bonchev–Trinajstić information content (AvgIpc) is 3.03. The van der Waals surface area contributed by atoms with E-state index in [0.29, 0.717) is 12.1 Å². The summed E-state index contributed by atoms with van der Waals surface area (Å²) in [6, 6.07) is -0.930. The van der Waals surface area contributed by atoms with Gasteiger partial charge in [-0.2, -0.15) is 14.5 Å². The second-order valence-electron chi connectivity index (χ2n) is 5.70.